The standard InChI is InChI=1S/C18H25N3O/c1-6-14-12(2)17(13-9-7-8-10-15(13)20-14)21-16(22)11-19-18(3,4)5/h7-10,19H,6,11H2,1-5H3,(H,20,21,22)/p+2. The third kappa shape index (κ3) is 3.83. The highest BCUT2D eigenvalue weighted by Gasteiger charge is 2.20. The van der Waals surface area contributed by atoms with Gasteiger partial charge in [-0.1, -0.05) is 19.1 Å². The van der Waals surface area contributed by atoms with E-state index in [2.05, 4.69) is 50.2 Å². The highest BCUT2D eigenvalue weighted by molar-refractivity contribution is 6.01. The molecule has 118 valence electrons. The van der Waals surface area contributed by atoms with Crippen LogP contribution in [0.25, 0.3) is 10.9 Å². The van der Waals surface area contributed by atoms with Crippen LogP contribution in [0.3, 0.4) is 0 Å². The number of nitrogens with one attached hydrogen (secondary N) is 2. The highest BCUT2D eigenvalue weighted by atomic mass is 16.1. The molecule has 22 heavy (non-hydrogen) atoms. The smallest absolute Gasteiger partial charge is 0.279 e. The highest BCUT2D eigenvalue weighted by Crippen LogP contribution is 2.25. The summed E-state index contributed by atoms with van der Waals surface area (Å²) in [6, 6.07) is 8.09. The summed E-state index contributed by atoms with van der Waals surface area (Å²) in [6.07, 6.45) is 0.910. The zero-order chi connectivity index (χ0) is 16.3. The Morgan fingerprint density at radius 1 is 1.27 bits per heavy atom. The number of nitrogens with two attached hydrogens (primary N) is 1. The van der Waals surface area contributed by atoms with E-state index in [0.717, 1.165) is 34.3 Å². The number of aromatic nitrogens is 1. The Morgan fingerprint density at radius 3 is 2.59 bits per heavy atom. The number of aromatic amines is 1. The van der Waals surface area contributed by atoms with Gasteiger partial charge in [-0.15, -0.1) is 0 Å². The number of H-pyrrole nitrogens is 1. The third-order valence-corrected chi connectivity index (χ3v) is 3.83. The lowest BCUT2D eigenvalue weighted by atomic mass is 10.1. The molecule has 4 N–H and O–H groups in total. The summed E-state index contributed by atoms with van der Waals surface area (Å²) in [7, 11) is 0. The van der Waals surface area contributed by atoms with Crippen LogP contribution in [-0.4, -0.2) is 18.0 Å². The van der Waals surface area contributed by atoms with E-state index < -0.39 is 0 Å². The molecule has 0 aliphatic carbocycles. The second-order valence-electron chi connectivity index (χ2n) is 6.83. The van der Waals surface area contributed by atoms with Crippen molar-refractivity contribution in [3.8, 4) is 0 Å². The molecule has 2 aromatic rings. The number of fused-ring (bicyclic) bond motifs is 1. The largest absolute Gasteiger partial charge is 0.334 e. The summed E-state index contributed by atoms with van der Waals surface area (Å²) >= 11 is 0. The molecule has 0 bridgehead atoms. The molecule has 0 aliphatic rings. The third-order valence-electron chi connectivity index (χ3n) is 3.83. The maximum Gasteiger partial charge on any atom is 0.279 e. The Labute approximate surface area is 132 Å². The number of aryl methyl sites for hydroxylation is 1. The van der Waals surface area contributed by atoms with Gasteiger partial charge in [0.25, 0.3) is 5.91 Å². The van der Waals surface area contributed by atoms with Crippen LogP contribution in [0.5, 0.6) is 0 Å². The molecule has 4 nitrogen and oxygen atoms in total. The van der Waals surface area contributed by atoms with E-state index >= 15 is 0 Å². The number of hydrogen-bond donors (Lipinski definition) is 2. The Balaban J connectivity index is 2.33. The van der Waals surface area contributed by atoms with Gasteiger partial charge < -0.3 is 10.6 Å². The lowest BCUT2D eigenvalue weighted by Gasteiger charge is -2.17. The number of benzene rings is 1. The molecule has 0 radical (unpaired) electrons. The van der Waals surface area contributed by atoms with Gasteiger partial charge in [-0.2, -0.15) is 0 Å². The summed E-state index contributed by atoms with van der Waals surface area (Å²) in [4.78, 5) is 15.8. The Hall–Kier alpha value is -1.94. The zero-order valence-corrected chi connectivity index (χ0v) is 14.2. The molecule has 0 atom stereocenters. The number of pyridine rings is 1. The first-order valence-electron chi connectivity index (χ1n) is 7.89. The average molecular weight is 301 g/mol. The Kier molecular flexibility index (Phi) is 4.81. The zero-order valence-electron chi connectivity index (χ0n) is 14.2. The maximum atomic E-state index is 12.3. The fourth-order valence-electron chi connectivity index (χ4n) is 2.52. The lowest BCUT2D eigenvalue weighted by molar-refractivity contribution is -0.707. The number of amides is 1. The van der Waals surface area contributed by atoms with Gasteiger partial charge in [-0.3, -0.25) is 4.79 Å². The second-order valence-corrected chi connectivity index (χ2v) is 6.83. The van der Waals surface area contributed by atoms with Crippen molar-refractivity contribution in [3.05, 3.63) is 35.5 Å². The number of rotatable bonds is 4. The molecule has 0 fully saturated rings. The predicted octanol–water partition coefficient (Wildman–Crippen LogP) is 1.83. The van der Waals surface area contributed by atoms with Gasteiger partial charge in [0.1, 0.15) is 0 Å². The van der Waals surface area contributed by atoms with Crippen LogP contribution in [0.15, 0.2) is 24.3 Å². The molecular weight excluding hydrogens is 274 g/mol. The number of carbonyl (C=O) groups excluding carboxylic acids is 1. The van der Waals surface area contributed by atoms with E-state index in [1.54, 1.807) is 0 Å². The summed E-state index contributed by atoms with van der Waals surface area (Å²) in [5.41, 5.74) is 4.31. The Morgan fingerprint density at radius 2 is 1.95 bits per heavy atom. The number of carbonyl (C=O) groups is 1. The number of hydrogen-bond acceptors (Lipinski definition) is 1. The van der Waals surface area contributed by atoms with Crippen molar-refractivity contribution in [1.82, 2.24) is 0 Å². The van der Waals surface area contributed by atoms with Gasteiger partial charge >= 0.3 is 0 Å². The minimum atomic E-state index is 0.0384. The van der Waals surface area contributed by atoms with Gasteiger partial charge in [0.05, 0.1) is 16.6 Å². The summed E-state index contributed by atoms with van der Waals surface area (Å²) in [6.45, 7) is 10.9. The Bertz CT molecular complexity index is 687. The van der Waals surface area contributed by atoms with Crippen LogP contribution in [-0.2, 0) is 11.2 Å². The molecule has 4 heteroatoms. The second kappa shape index (κ2) is 6.44. The van der Waals surface area contributed by atoms with Gasteiger partial charge in [0.2, 0.25) is 5.52 Å². The van der Waals surface area contributed by atoms with Crippen molar-refractivity contribution in [1.29, 1.82) is 0 Å². The van der Waals surface area contributed by atoms with E-state index in [4.69, 9.17) is 0 Å². The molecule has 0 spiro atoms. The van der Waals surface area contributed by atoms with Crippen molar-refractivity contribution in [2.45, 2.75) is 46.6 Å². The summed E-state index contributed by atoms with van der Waals surface area (Å²) in [5.74, 6) is 0.0384. The normalized spacial score (nSPS) is 11.7. The molecule has 1 aromatic heterocycles. The summed E-state index contributed by atoms with van der Waals surface area (Å²) in [5, 5.41) is 6.22. The predicted molar refractivity (Wildman–Crippen MR) is 89.8 cm³/mol. The lowest BCUT2D eigenvalue weighted by Crippen LogP contribution is -2.95. The van der Waals surface area contributed by atoms with E-state index in [9.17, 15) is 4.79 Å². The van der Waals surface area contributed by atoms with Gasteiger partial charge in [0.15, 0.2) is 12.2 Å². The molecule has 1 heterocycles. The molecule has 1 aromatic carbocycles. The van der Waals surface area contributed by atoms with Crippen molar-refractivity contribution >= 4 is 22.5 Å². The van der Waals surface area contributed by atoms with Crippen LogP contribution in [0.4, 0.5) is 5.69 Å². The van der Waals surface area contributed by atoms with Gasteiger partial charge in [-0.25, -0.2) is 4.98 Å². The van der Waals surface area contributed by atoms with Gasteiger partial charge in [0, 0.05) is 18.1 Å². The van der Waals surface area contributed by atoms with Gasteiger partial charge in [-0.05, 0) is 33.8 Å². The van der Waals surface area contributed by atoms with Crippen LogP contribution >= 0.6 is 0 Å². The van der Waals surface area contributed by atoms with Crippen LogP contribution in [0, 0.1) is 6.92 Å². The topological polar surface area (TPSA) is 59.9 Å². The SMILES string of the molecule is CCc1[nH+]c2ccccc2c(NC(=O)C[NH2+]C(C)(C)C)c1C. The number of quaternary nitrogens is 1. The first-order chi connectivity index (χ1) is 10.3. The molecule has 0 saturated heterocycles. The van der Waals surface area contributed by atoms with Crippen molar-refractivity contribution < 1.29 is 15.1 Å². The molecule has 0 saturated carbocycles. The van der Waals surface area contributed by atoms with Crippen LogP contribution in [0.2, 0.25) is 0 Å². The first-order valence-corrected chi connectivity index (χ1v) is 7.89. The monoisotopic (exact) mass is 301 g/mol. The van der Waals surface area contributed by atoms with E-state index in [1.165, 1.54) is 0 Å². The first kappa shape index (κ1) is 16.4. The molecular formula is C18H27N3O+2. The maximum absolute atomic E-state index is 12.3. The average Bonchev–Trinajstić information content (AvgIpc) is 2.47. The fraction of sp³-hybridized carbons (Fsp3) is 0.444. The quantitative estimate of drug-likeness (QED) is 0.889. The van der Waals surface area contributed by atoms with Crippen LogP contribution in [0.1, 0.15) is 39.0 Å². The number of para-hydroxylation sites is 1. The van der Waals surface area contributed by atoms with E-state index in [0.29, 0.717) is 6.54 Å². The van der Waals surface area contributed by atoms with E-state index in [1.807, 2.05) is 24.3 Å². The van der Waals surface area contributed by atoms with Crippen molar-refractivity contribution in [3.63, 3.8) is 0 Å². The molecule has 0 aliphatic heterocycles. The number of anilines is 1. The molecule has 0 unspecified atom stereocenters. The summed E-state index contributed by atoms with van der Waals surface area (Å²) < 4.78 is 0. The molecule has 1 amide bonds. The minimum absolute atomic E-state index is 0.0384. The minimum Gasteiger partial charge on any atom is -0.334 e. The van der Waals surface area contributed by atoms with E-state index in [-0.39, 0.29) is 11.4 Å². The van der Waals surface area contributed by atoms with Crippen LogP contribution < -0.4 is 15.6 Å². The molecule has 2 rings (SSSR count). The van der Waals surface area contributed by atoms with Crippen molar-refractivity contribution in [2.24, 2.45) is 0 Å². The van der Waals surface area contributed by atoms with Crippen molar-refractivity contribution in [2.75, 3.05) is 11.9 Å². The fourth-order valence-corrected chi connectivity index (χ4v) is 2.52.